The summed E-state index contributed by atoms with van der Waals surface area (Å²) < 4.78 is 15.9. The summed E-state index contributed by atoms with van der Waals surface area (Å²) in [6.07, 6.45) is 2.16. The lowest BCUT2D eigenvalue weighted by molar-refractivity contribution is 0.0712. The molecule has 5 heteroatoms. The molecule has 1 amide bonds. The van der Waals surface area contributed by atoms with Crippen molar-refractivity contribution in [2.75, 3.05) is 20.8 Å². The normalized spacial score (nSPS) is 19.4. The van der Waals surface area contributed by atoms with Gasteiger partial charge in [-0.15, -0.1) is 0 Å². The maximum absolute atomic E-state index is 12.2. The molecule has 0 aliphatic carbocycles. The molecule has 0 saturated carbocycles. The van der Waals surface area contributed by atoms with E-state index in [0.717, 1.165) is 19.4 Å². The van der Waals surface area contributed by atoms with Gasteiger partial charge in [0.1, 0.15) is 0 Å². The van der Waals surface area contributed by atoms with Crippen LogP contribution in [0.3, 0.4) is 0 Å². The zero-order chi connectivity index (χ0) is 14.5. The van der Waals surface area contributed by atoms with Crippen molar-refractivity contribution in [2.24, 2.45) is 0 Å². The molecule has 0 unspecified atom stereocenters. The third kappa shape index (κ3) is 3.22. The standard InChI is InChI=1S/C15H21NO4/c1-10(12-5-4-8-20-12)16-15(17)11-6-7-13(18-2)14(9-11)19-3/h6-7,9-10,12H,4-5,8H2,1-3H3,(H,16,17)/t10-,12+/m0/s1. The molecule has 110 valence electrons. The summed E-state index contributed by atoms with van der Waals surface area (Å²) in [5.74, 6) is 1.02. The molecule has 1 saturated heterocycles. The minimum Gasteiger partial charge on any atom is -0.493 e. The number of hydrogen-bond acceptors (Lipinski definition) is 4. The first-order valence-electron chi connectivity index (χ1n) is 6.80. The average molecular weight is 279 g/mol. The van der Waals surface area contributed by atoms with Crippen LogP contribution in [0.4, 0.5) is 0 Å². The van der Waals surface area contributed by atoms with Crippen LogP contribution >= 0.6 is 0 Å². The number of hydrogen-bond donors (Lipinski definition) is 1. The van der Waals surface area contributed by atoms with Crippen LogP contribution in [0, 0.1) is 0 Å². The predicted octanol–water partition coefficient (Wildman–Crippen LogP) is 2.00. The summed E-state index contributed by atoms with van der Waals surface area (Å²) in [5, 5.41) is 2.97. The third-order valence-corrected chi connectivity index (χ3v) is 3.53. The molecule has 1 fully saturated rings. The number of benzene rings is 1. The van der Waals surface area contributed by atoms with E-state index in [-0.39, 0.29) is 18.1 Å². The fourth-order valence-corrected chi connectivity index (χ4v) is 2.36. The van der Waals surface area contributed by atoms with E-state index in [1.807, 2.05) is 6.92 Å². The Morgan fingerprint density at radius 3 is 2.70 bits per heavy atom. The summed E-state index contributed by atoms with van der Waals surface area (Å²) in [7, 11) is 3.12. The fourth-order valence-electron chi connectivity index (χ4n) is 2.36. The minimum absolute atomic E-state index is 0.00176. The van der Waals surface area contributed by atoms with E-state index >= 15 is 0 Å². The first kappa shape index (κ1) is 14.7. The molecule has 1 aromatic carbocycles. The zero-order valence-electron chi connectivity index (χ0n) is 12.1. The van der Waals surface area contributed by atoms with Gasteiger partial charge >= 0.3 is 0 Å². The van der Waals surface area contributed by atoms with Gasteiger partial charge in [-0.05, 0) is 38.0 Å². The summed E-state index contributed by atoms with van der Waals surface area (Å²) in [4.78, 5) is 12.2. The second-order valence-electron chi connectivity index (χ2n) is 4.88. The topological polar surface area (TPSA) is 56.8 Å². The van der Waals surface area contributed by atoms with Crippen LogP contribution in [-0.2, 0) is 4.74 Å². The molecule has 1 N–H and O–H groups in total. The molecule has 20 heavy (non-hydrogen) atoms. The maximum atomic E-state index is 12.2. The van der Waals surface area contributed by atoms with Crippen LogP contribution in [-0.4, -0.2) is 38.9 Å². The van der Waals surface area contributed by atoms with Crippen molar-refractivity contribution >= 4 is 5.91 Å². The zero-order valence-corrected chi connectivity index (χ0v) is 12.1. The average Bonchev–Trinajstić information content (AvgIpc) is 3.00. The van der Waals surface area contributed by atoms with Crippen molar-refractivity contribution in [1.29, 1.82) is 0 Å². The highest BCUT2D eigenvalue weighted by atomic mass is 16.5. The molecule has 0 bridgehead atoms. The number of carbonyl (C=O) groups excluding carboxylic acids is 1. The van der Waals surface area contributed by atoms with E-state index in [1.54, 1.807) is 32.4 Å². The van der Waals surface area contributed by atoms with Gasteiger partial charge in [-0.25, -0.2) is 0 Å². The Labute approximate surface area is 119 Å². The van der Waals surface area contributed by atoms with Crippen molar-refractivity contribution in [1.82, 2.24) is 5.32 Å². The quantitative estimate of drug-likeness (QED) is 0.895. The predicted molar refractivity (Wildman–Crippen MR) is 75.4 cm³/mol. The van der Waals surface area contributed by atoms with Crippen LogP contribution in [0.5, 0.6) is 11.5 Å². The van der Waals surface area contributed by atoms with Crippen molar-refractivity contribution in [3.05, 3.63) is 23.8 Å². The second kappa shape index (κ2) is 6.61. The highest BCUT2D eigenvalue weighted by Crippen LogP contribution is 2.27. The first-order chi connectivity index (χ1) is 9.65. The lowest BCUT2D eigenvalue weighted by atomic mass is 10.1. The highest BCUT2D eigenvalue weighted by Gasteiger charge is 2.24. The van der Waals surface area contributed by atoms with E-state index in [4.69, 9.17) is 14.2 Å². The van der Waals surface area contributed by atoms with Crippen molar-refractivity contribution < 1.29 is 19.0 Å². The number of carbonyl (C=O) groups is 1. The highest BCUT2D eigenvalue weighted by molar-refractivity contribution is 5.95. The van der Waals surface area contributed by atoms with Gasteiger partial charge in [0.2, 0.25) is 0 Å². The van der Waals surface area contributed by atoms with Crippen LogP contribution in [0.2, 0.25) is 0 Å². The Balaban J connectivity index is 2.04. The van der Waals surface area contributed by atoms with Crippen LogP contribution in [0.25, 0.3) is 0 Å². The molecule has 0 aromatic heterocycles. The fraction of sp³-hybridized carbons (Fsp3) is 0.533. The van der Waals surface area contributed by atoms with Crippen LogP contribution in [0.1, 0.15) is 30.1 Å². The van der Waals surface area contributed by atoms with Gasteiger partial charge < -0.3 is 19.5 Å². The van der Waals surface area contributed by atoms with Crippen molar-refractivity contribution in [3.8, 4) is 11.5 Å². The Morgan fingerprint density at radius 2 is 2.10 bits per heavy atom. The largest absolute Gasteiger partial charge is 0.493 e. The Kier molecular flexibility index (Phi) is 4.84. The van der Waals surface area contributed by atoms with Gasteiger partial charge in [0, 0.05) is 12.2 Å². The van der Waals surface area contributed by atoms with Gasteiger partial charge in [0.25, 0.3) is 5.91 Å². The summed E-state index contributed by atoms with van der Waals surface area (Å²) in [5.41, 5.74) is 0.549. The molecule has 1 aliphatic rings. The van der Waals surface area contributed by atoms with E-state index < -0.39 is 0 Å². The molecule has 1 aliphatic heterocycles. The lowest BCUT2D eigenvalue weighted by Crippen LogP contribution is -2.40. The molecule has 2 atom stereocenters. The number of ether oxygens (including phenoxy) is 3. The monoisotopic (exact) mass is 279 g/mol. The Hall–Kier alpha value is -1.75. The molecular formula is C15H21NO4. The van der Waals surface area contributed by atoms with Crippen LogP contribution in [0.15, 0.2) is 18.2 Å². The number of nitrogens with one attached hydrogen (secondary N) is 1. The minimum atomic E-state index is -0.131. The second-order valence-corrected chi connectivity index (χ2v) is 4.88. The smallest absolute Gasteiger partial charge is 0.251 e. The van der Waals surface area contributed by atoms with E-state index in [9.17, 15) is 4.79 Å². The van der Waals surface area contributed by atoms with Crippen LogP contribution < -0.4 is 14.8 Å². The van der Waals surface area contributed by atoms with Gasteiger partial charge in [-0.1, -0.05) is 0 Å². The Bertz CT molecular complexity index is 469. The summed E-state index contributed by atoms with van der Waals surface area (Å²) >= 11 is 0. The third-order valence-electron chi connectivity index (χ3n) is 3.53. The summed E-state index contributed by atoms with van der Waals surface area (Å²) in [6.45, 7) is 2.75. The molecule has 0 radical (unpaired) electrons. The molecule has 0 spiro atoms. The first-order valence-corrected chi connectivity index (χ1v) is 6.80. The van der Waals surface area contributed by atoms with Gasteiger partial charge in [-0.3, -0.25) is 4.79 Å². The van der Waals surface area contributed by atoms with Gasteiger partial charge in [-0.2, -0.15) is 0 Å². The summed E-state index contributed by atoms with van der Waals surface area (Å²) in [6, 6.07) is 5.12. The maximum Gasteiger partial charge on any atom is 0.251 e. The number of methoxy groups -OCH3 is 2. The van der Waals surface area contributed by atoms with E-state index in [2.05, 4.69) is 5.32 Å². The van der Waals surface area contributed by atoms with Crippen molar-refractivity contribution in [3.63, 3.8) is 0 Å². The molecular weight excluding hydrogens is 258 g/mol. The van der Waals surface area contributed by atoms with Gasteiger partial charge in [0.05, 0.1) is 26.4 Å². The molecule has 1 aromatic rings. The number of rotatable bonds is 5. The molecule has 5 nitrogen and oxygen atoms in total. The molecule has 2 rings (SSSR count). The van der Waals surface area contributed by atoms with E-state index in [0.29, 0.717) is 17.1 Å². The SMILES string of the molecule is COc1ccc(C(=O)N[C@@H](C)[C@H]2CCCO2)cc1OC. The van der Waals surface area contributed by atoms with Crippen molar-refractivity contribution in [2.45, 2.75) is 31.9 Å². The molecule has 1 heterocycles. The van der Waals surface area contributed by atoms with E-state index in [1.165, 1.54) is 0 Å². The van der Waals surface area contributed by atoms with Gasteiger partial charge in [0.15, 0.2) is 11.5 Å². The Morgan fingerprint density at radius 1 is 1.35 bits per heavy atom. The number of amides is 1. The lowest BCUT2D eigenvalue weighted by Gasteiger charge is -2.20.